The van der Waals surface area contributed by atoms with E-state index in [2.05, 4.69) is 20.7 Å². The molecule has 0 aliphatic rings. The van der Waals surface area contributed by atoms with Crippen molar-refractivity contribution < 1.29 is 23.8 Å². The quantitative estimate of drug-likeness (QED) is 0.779. The number of hydrogen-bond acceptors (Lipinski definition) is 5. The van der Waals surface area contributed by atoms with Crippen molar-refractivity contribution >= 4 is 27.9 Å². The van der Waals surface area contributed by atoms with Gasteiger partial charge in [-0.15, -0.1) is 0 Å². The van der Waals surface area contributed by atoms with E-state index in [-0.39, 0.29) is 24.5 Å². The van der Waals surface area contributed by atoms with Crippen molar-refractivity contribution in [2.45, 2.75) is 6.92 Å². The molecule has 0 aliphatic heterocycles. The molecule has 18 heavy (non-hydrogen) atoms. The van der Waals surface area contributed by atoms with Gasteiger partial charge in [0, 0.05) is 0 Å². The van der Waals surface area contributed by atoms with Crippen molar-refractivity contribution in [1.29, 1.82) is 0 Å². The Hall–Kier alpha value is -1.56. The van der Waals surface area contributed by atoms with E-state index >= 15 is 0 Å². The van der Waals surface area contributed by atoms with Gasteiger partial charge in [-0.1, -0.05) is 6.07 Å². The van der Waals surface area contributed by atoms with Gasteiger partial charge in [-0.3, -0.25) is 0 Å². The van der Waals surface area contributed by atoms with Crippen LogP contribution < -0.4 is 4.74 Å². The Bertz CT molecular complexity index is 444. The lowest BCUT2D eigenvalue weighted by Gasteiger charge is -2.11. The highest BCUT2D eigenvalue weighted by atomic mass is 79.9. The highest BCUT2D eigenvalue weighted by molar-refractivity contribution is 9.10. The summed E-state index contributed by atoms with van der Waals surface area (Å²) in [6.45, 7) is 1.71. The minimum absolute atomic E-state index is 0.259. The molecule has 1 aromatic carbocycles. The second-order valence-corrected chi connectivity index (χ2v) is 4.06. The summed E-state index contributed by atoms with van der Waals surface area (Å²) < 4.78 is 15.2. The van der Waals surface area contributed by atoms with Gasteiger partial charge in [-0.05, 0) is 35.0 Å². The lowest BCUT2D eigenvalue weighted by atomic mass is 10.2. The molecule has 1 aromatic rings. The Morgan fingerprint density at radius 3 is 2.67 bits per heavy atom. The van der Waals surface area contributed by atoms with Crippen molar-refractivity contribution in [2.24, 2.45) is 0 Å². The Balaban J connectivity index is 2.93. The smallest absolute Gasteiger partial charge is 0.343 e. The average Bonchev–Trinajstić information content (AvgIpc) is 2.36. The molecule has 0 atom stereocenters. The third-order valence-corrected chi connectivity index (χ3v) is 2.65. The zero-order valence-corrected chi connectivity index (χ0v) is 11.7. The molecule has 0 saturated heterocycles. The molecule has 0 fully saturated rings. The third kappa shape index (κ3) is 3.73. The predicted octanol–water partition coefficient (Wildman–Crippen LogP) is 2.18. The molecule has 0 aliphatic carbocycles. The largest absolute Gasteiger partial charge is 0.480 e. The molecule has 0 heterocycles. The van der Waals surface area contributed by atoms with Crippen LogP contribution in [0.4, 0.5) is 0 Å². The van der Waals surface area contributed by atoms with E-state index in [1.807, 2.05) is 0 Å². The van der Waals surface area contributed by atoms with Crippen molar-refractivity contribution in [3.8, 4) is 5.75 Å². The Kier molecular flexibility index (Phi) is 5.64. The number of ether oxygens (including phenoxy) is 3. The van der Waals surface area contributed by atoms with Gasteiger partial charge in [0.05, 0.1) is 18.2 Å². The molecule has 5 nitrogen and oxygen atoms in total. The summed E-state index contributed by atoms with van der Waals surface area (Å²) in [5.74, 6) is -0.763. The number of para-hydroxylation sites is 1. The van der Waals surface area contributed by atoms with Crippen LogP contribution in [0.2, 0.25) is 0 Å². The summed E-state index contributed by atoms with van der Waals surface area (Å²) in [5, 5.41) is 0. The number of carbonyl (C=O) groups is 2. The van der Waals surface area contributed by atoms with Gasteiger partial charge < -0.3 is 14.2 Å². The number of carbonyl (C=O) groups excluding carboxylic acids is 2. The first-order valence-electron chi connectivity index (χ1n) is 5.25. The number of methoxy groups -OCH3 is 1. The molecule has 0 bridgehead atoms. The van der Waals surface area contributed by atoms with E-state index in [9.17, 15) is 9.59 Å². The van der Waals surface area contributed by atoms with E-state index in [4.69, 9.17) is 9.47 Å². The van der Waals surface area contributed by atoms with Crippen molar-refractivity contribution in [2.75, 3.05) is 20.3 Å². The lowest BCUT2D eigenvalue weighted by Crippen LogP contribution is -2.15. The van der Waals surface area contributed by atoms with Crippen molar-refractivity contribution in [1.82, 2.24) is 0 Å². The first-order chi connectivity index (χ1) is 8.60. The summed E-state index contributed by atoms with van der Waals surface area (Å²) >= 11 is 3.25. The number of halogens is 1. The summed E-state index contributed by atoms with van der Waals surface area (Å²) in [6, 6.07) is 4.95. The maximum absolute atomic E-state index is 11.7. The molecule has 0 amide bonds. The summed E-state index contributed by atoms with van der Waals surface area (Å²) in [4.78, 5) is 22.7. The van der Waals surface area contributed by atoms with Crippen LogP contribution in [0.25, 0.3) is 0 Å². The van der Waals surface area contributed by atoms with Crippen LogP contribution in [0, 0.1) is 0 Å². The molecule has 98 valence electrons. The third-order valence-electron chi connectivity index (χ3n) is 2.02. The average molecular weight is 317 g/mol. The van der Waals surface area contributed by atoms with E-state index in [1.54, 1.807) is 25.1 Å². The fourth-order valence-corrected chi connectivity index (χ4v) is 1.70. The van der Waals surface area contributed by atoms with E-state index in [1.165, 1.54) is 7.11 Å². The minimum atomic E-state index is -0.527. The number of rotatable bonds is 5. The zero-order chi connectivity index (χ0) is 13.5. The normalized spacial score (nSPS) is 9.72. The Morgan fingerprint density at radius 2 is 2.06 bits per heavy atom. The van der Waals surface area contributed by atoms with Crippen LogP contribution in [0.1, 0.15) is 17.3 Å². The molecule has 0 spiro atoms. The maximum atomic E-state index is 11.7. The highest BCUT2D eigenvalue weighted by Gasteiger charge is 2.17. The minimum Gasteiger partial charge on any atom is -0.480 e. The van der Waals surface area contributed by atoms with Crippen LogP contribution >= 0.6 is 15.9 Å². The van der Waals surface area contributed by atoms with Gasteiger partial charge in [0.2, 0.25) is 0 Å². The molecular formula is C12H13BrO5. The van der Waals surface area contributed by atoms with E-state index in [0.29, 0.717) is 4.47 Å². The van der Waals surface area contributed by atoms with Crippen LogP contribution in [0.3, 0.4) is 0 Å². The van der Waals surface area contributed by atoms with Crippen molar-refractivity contribution in [3.05, 3.63) is 28.2 Å². The molecule has 0 aromatic heterocycles. The van der Waals surface area contributed by atoms with Gasteiger partial charge in [0.15, 0.2) is 6.61 Å². The topological polar surface area (TPSA) is 61.8 Å². The van der Waals surface area contributed by atoms with E-state index < -0.39 is 11.9 Å². The van der Waals surface area contributed by atoms with Gasteiger partial charge >= 0.3 is 11.9 Å². The summed E-state index contributed by atoms with van der Waals surface area (Å²) in [5.41, 5.74) is 0.259. The van der Waals surface area contributed by atoms with Crippen LogP contribution in [-0.4, -0.2) is 32.3 Å². The first kappa shape index (κ1) is 14.5. The van der Waals surface area contributed by atoms with Gasteiger partial charge in [0.1, 0.15) is 11.3 Å². The lowest BCUT2D eigenvalue weighted by molar-refractivity contribution is -0.142. The Labute approximate surface area is 113 Å². The SMILES string of the molecule is CCOC(=O)c1cccc(Br)c1OCC(=O)OC. The van der Waals surface area contributed by atoms with Crippen molar-refractivity contribution in [3.63, 3.8) is 0 Å². The number of esters is 2. The van der Waals surface area contributed by atoms with E-state index in [0.717, 1.165) is 0 Å². The zero-order valence-electron chi connectivity index (χ0n) is 10.1. The molecular weight excluding hydrogens is 304 g/mol. The Morgan fingerprint density at radius 1 is 1.33 bits per heavy atom. The summed E-state index contributed by atoms with van der Waals surface area (Å²) in [6.07, 6.45) is 0. The molecule has 6 heteroatoms. The maximum Gasteiger partial charge on any atom is 0.343 e. The standard InChI is InChI=1S/C12H13BrO5/c1-3-17-12(15)8-5-4-6-9(13)11(8)18-7-10(14)16-2/h4-6H,3,7H2,1-2H3. The fourth-order valence-electron chi connectivity index (χ4n) is 1.22. The molecule has 0 saturated carbocycles. The predicted molar refractivity (Wildman–Crippen MR) is 67.6 cm³/mol. The molecule has 0 radical (unpaired) electrons. The second-order valence-electron chi connectivity index (χ2n) is 3.20. The first-order valence-corrected chi connectivity index (χ1v) is 6.04. The van der Waals surface area contributed by atoms with Crippen LogP contribution in [0.15, 0.2) is 22.7 Å². The van der Waals surface area contributed by atoms with Crippen LogP contribution in [0.5, 0.6) is 5.75 Å². The number of benzene rings is 1. The van der Waals surface area contributed by atoms with Gasteiger partial charge in [-0.25, -0.2) is 9.59 Å². The second kappa shape index (κ2) is 7.00. The fraction of sp³-hybridized carbons (Fsp3) is 0.333. The molecule has 0 unspecified atom stereocenters. The van der Waals surface area contributed by atoms with Crippen LogP contribution in [-0.2, 0) is 14.3 Å². The monoisotopic (exact) mass is 316 g/mol. The molecule has 0 N–H and O–H groups in total. The van der Waals surface area contributed by atoms with Gasteiger partial charge in [-0.2, -0.15) is 0 Å². The highest BCUT2D eigenvalue weighted by Crippen LogP contribution is 2.29. The molecule has 1 rings (SSSR count). The summed E-state index contributed by atoms with van der Waals surface area (Å²) in [7, 11) is 1.26. The van der Waals surface area contributed by atoms with Gasteiger partial charge in [0.25, 0.3) is 0 Å². The number of hydrogen-bond donors (Lipinski definition) is 0.